The van der Waals surface area contributed by atoms with Gasteiger partial charge in [0.15, 0.2) is 11.5 Å². The molecular formula is C29H35NO5. The molecule has 3 heterocycles. The number of aromatic hydroxyl groups is 1. The van der Waals surface area contributed by atoms with Crippen molar-refractivity contribution in [2.45, 2.75) is 74.7 Å². The summed E-state index contributed by atoms with van der Waals surface area (Å²) in [7, 11) is 1.87. The Morgan fingerprint density at radius 2 is 2.09 bits per heavy atom. The van der Waals surface area contributed by atoms with E-state index in [1.807, 2.05) is 19.2 Å². The molecule has 5 aliphatic carbocycles. The van der Waals surface area contributed by atoms with Crippen molar-refractivity contribution in [3.05, 3.63) is 47.4 Å². The van der Waals surface area contributed by atoms with Crippen LogP contribution in [0, 0.1) is 17.3 Å². The molecule has 9 rings (SSSR count). The first kappa shape index (κ1) is 21.1. The average Bonchev–Trinajstić information content (AvgIpc) is 3.38. The molecular weight excluding hydrogens is 442 g/mol. The summed E-state index contributed by atoms with van der Waals surface area (Å²) in [5.74, 6) is 2.18. The third-order valence-corrected chi connectivity index (χ3v) is 11.0. The van der Waals surface area contributed by atoms with E-state index < -0.39 is 5.60 Å². The van der Waals surface area contributed by atoms with E-state index in [-0.39, 0.29) is 22.9 Å². The third kappa shape index (κ3) is 2.51. The van der Waals surface area contributed by atoms with E-state index in [2.05, 4.69) is 11.0 Å². The van der Waals surface area contributed by atoms with Crippen LogP contribution < -0.4 is 4.74 Å². The number of hydrogen-bond acceptors (Lipinski definition) is 6. The van der Waals surface area contributed by atoms with Gasteiger partial charge in [-0.15, -0.1) is 0 Å². The number of rotatable bonds is 7. The van der Waals surface area contributed by atoms with Crippen LogP contribution in [0.1, 0.15) is 55.2 Å². The molecule has 2 aliphatic heterocycles. The summed E-state index contributed by atoms with van der Waals surface area (Å²) >= 11 is 0. The smallest absolute Gasteiger partial charge is 0.165 e. The van der Waals surface area contributed by atoms with Gasteiger partial charge in [0.05, 0.1) is 25.7 Å². The molecule has 6 heteroatoms. The van der Waals surface area contributed by atoms with Gasteiger partial charge in [-0.3, -0.25) is 4.90 Å². The summed E-state index contributed by atoms with van der Waals surface area (Å²) < 4.78 is 25.0. The van der Waals surface area contributed by atoms with Gasteiger partial charge in [0.1, 0.15) is 11.7 Å². The van der Waals surface area contributed by atoms with E-state index in [9.17, 15) is 5.11 Å². The number of phenols is 1. The van der Waals surface area contributed by atoms with Crippen LogP contribution in [0.15, 0.2) is 35.1 Å². The Hall–Kier alpha value is -2.02. The molecule has 5 fully saturated rings. The monoisotopic (exact) mass is 477 g/mol. The van der Waals surface area contributed by atoms with Gasteiger partial charge in [-0.1, -0.05) is 6.07 Å². The highest BCUT2D eigenvalue weighted by Gasteiger charge is 2.80. The van der Waals surface area contributed by atoms with Gasteiger partial charge in [0.25, 0.3) is 0 Å². The second kappa shape index (κ2) is 7.05. The molecule has 2 spiro atoms. The molecule has 1 aromatic carbocycles. The number of likely N-dealkylation sites (tertiary alicyclic amines) is 1. The summed E-state index contributed by atoms with van der Waals surface area (Å²) in [5.41, 5.74) is 3.44. The third-order valence-electron chi connectivity index (χ3n) is 11.0. The van der Waals surface area contributed by atoms with Crippen molar-refractivity contribution in [2.24, 2.45) is 17.3 Å². The number of fused-ring (bicyclic) bond motifs is 2. The molecule has 1 saturated heterocycles. The molecule has 35 heavy (non-hydrogen) atoms. The average molecular weight is 478 g/mol. The van der Waals surface area contributed by atoms with Crippen LogP contribution in [-0.4, -0.2) is 54.6 Å². The van der Waals surface area contributed by atoms with Gasteiger partial charge >= 0.3 is 0 Å². The molecule has 0 unspecified atom stereocenters. The summed E-state index contributed by atoms with van der Waals surface area (Å²) in [6.45, 7) is 3.57. The van der Waals surface area contributed by atoms with Crippen molar-refractivity contribution in [3.63, 3.8) is 0 Å². The summed E-state index contributed by atoms with van der Waals surface area (Å²) in [6, 6.07) is 6.52. The van der Waals surface area contributed by atoms with Crippen molar-refractivity contribution in [1.29, 1.82) is 0 Å². The lowest BCUT2D eigenvalue weighted by Crippen LogP contribution is -2.81. The zero-order valence-corrected chi connectivity index (χ0v) is 20.5. The molecule has 2 aromatic rings. The maximum atomic E-state index is 10.9. The maximum Gasteiger partial charge on any atom is 0.165 e. The number of piperidine rings is 1. The summed E-state index contributed by atoms with van der Waals surface area (Å²) in [4.78, 5) is 2.85. The molecule has 7 aliphatic rings. The normalized spacial score (nSPS) is 40.5. The number of phenolic OH excluding ortho intramolecular Hbond substituents is 1. The Morgan fingerprint density at radius 1 is 1.17 bits per heavy atom. The number of furan rings is 1. The lowest BCUT2D eigenvalue weighted by molar-refractivity contribution is -0.283. The predicted molar refractivity (Wildman–Crippen MR) is 128 cm³/mol. The van der Waals surface area contributed by atoms with Gasteiger partial charge in [0, 0.05) is 47.6 Å². The highest BCUT2D eigenvalue weighted by Crippen LogP contribution is 2.76. The SMILES string of the molecule is CO[C@]12CC[C@@]3(C[C@H]1COCc1ccoc1)[C@H]1Cc4ccc(O)c5c4[C@@]3(CCN1CC1CC1)[C@H]2O5. The second-order valence-electron chi connectivity index (χ2n) is 12.2. The topological polar surface area (TPSA) is 64.3 Å². The van der Waals surface area contributed by atoms with Gasteiger partial charge < -0.3 is 23.7 Å². The molecule has 4 saturated carbocycles. The Morgan fingerprint density at radius 3 is 2.89 bits per heavy atom. The fourth-order valence-electron chi connectivity index (χ4n) is 9.44. The highest BCUT2D eigenvalue weighted by molar-refractivity contribution is 5.63. The fraction of sp³-hybridized carbons (Fsp3) is 0.655. The van der Waals surface area contributed by atoms with Crippen LogP contribution in [-0.2, 0) is 27.9 Å². The van der Waals surface area contributed by atoms with E-state index >= 15 is 0 Å². The summed E-state index contributed by atoms with van der Waals surface area (Å²) in [5, 5.41) is 10.9. The first-order valence-electron chi connectivity index (χ1n) is 13.5. The highest BCUT2D eigenvalue weighted by atomic mass is 16.6. The minimum atomic E-state index is -0.401. The van der Waals surface area contributed by atoms with E-state index in [0.29, 0.717) is 25.0 Å². The molecule has 1 N–H and O–H groups in total. The van der Waals surface area contributed by atoms with Gasteiger partial charge in [-0.2, -0.15) is 0 Å². The number of methoxy groups -OCH3 is 1. The minimum absolute atomic E-state index is 0.0713. The van der Waals surface area contributed by atoms with Crippen LogP contribution >= 0.6 is 0 Å². The van der Waals surface area contributed by atoms with Gasteiger partial charge in [-0.25, -0.2) is 0 Å². The summed E-state index contributed by atoms with van der Waals surface area (Å²) in [6.07, 6.45) is 11.6. The fourth-order valence-corrected chi connectivity index (χ4v) is 9.44. The van der Waals surface area contributed by atoms with Crippen molar-refractivity contribution < 1.29 is 23.7 Å². The second-order valence-corrected chi connectivity index (χ2v) is 12.2. The first-order chi connectivity index (χ1) is 17.1. The number of benzene rings is 1. The lowest BCUT2D eigenvalue weighted by Gasteiger charge is -2.74. The lowest BCUT2D eigenvalue weighted by atomic mass is 9.35. The minimum Gasteiger partial charge on any atom is -0.504 e. The van der Waals surface area contributed by atoms with Crippen LogP contribution in [0.25, 0.3) is 0 Å². The van der Waals surface area contributed by atoms with E-state index in [0.717, 1.165) is 49.5 Å². The zero-order chi connectivity index (χ0) is 23.4. The van der Waals surface area contributed by atoms with Gasteiger partial charge in [-0.05, 0) is 75.1 Å². The van der Waals surface area contributed by atoms with Gasteiger partial charge in [0.2, 0.25) is 0 Å². The zero-order valence-electron chi connectivity index (χ0n) is 20.5. The first-order valence-corrected chi connectivity index (χ1v) is 13.5. The van der Waals surface area contributed by atoms with E-state index in [4.69, 9.17) is 18.6 Å². The molecule has 1 aromatic heterocycles. The Labute approximate surface area is 206 Å². The molecule has 6 nitrogen and oxygen atoms in total. The van der Waals surface area contributed by atoms with Crippen LogP contribution in [0.3, 0.4) is 0 Å². The quantitative estimate of drug-likeness (QED) is 0.637. The van der Waals surface area contributed by atoms with Crippen molar-refractivity contribution >= 4 is 0 Å². The van der Waals surface area contributed by atoms with Crippen molar-refractivity contribution in [3.8, 4) is 11.5 Å². The van der Waals surface area contributed by atoms with Crippen LogP contribution in [0.5, 0.6) is 11.5 Å². The number of nitrogens with zero attached hydrogens (tertiary/aromatic N) is 1. The largest absolute Gasteiger partial charge is 0.504 e. The van der Waals surface area contributed by atoms with E-state index in [1.165, 1.54) is 36.9 Å². The standard InChI is InChI=1S/C29H35NO5/c1-32-29-8-7-27(13-21(29)17-34-16-19-6-11-33-15-19)23-12-20-4-5-22(31)25-24(20)28(27,26(29)35-25)9-10-30(23)14-18-2-3-18/h4-6,11,15,18,21,23,26,31H,2-3,7-10,12-14,16-17H2,1H3/t21-,23+,26+,27+,28-,29+/m0/s1. The maximum absolute atomic E-state index is 10.9. The van der Waals surface area contributed by atoms with E-state index in [1.54, 1.807) is 12.5 Å². The number of hydrogen-bond donors (Lipinski definition) is 1. The Balaban J connectivity index is 1.24. The molecule has 4 bridgehead atoms. The Bertz CT molecular complexity index is 1160. The van der Waals surface area contributed by atoms with Crippen molar-refractivity contribution in [1.82, 2.24) is 4.90 Å². The van der Waals surface area contributed by atoms with Crippen LogP contribution in [0.2, 0.25) is 0 Å². The number of ether oxygens (including phenoxy) is 3. The molecule has 6 atom stereocenters. The molecule has 0 radical (unpaired) electrons. The predicted octanol–water partition coefficient (Wildman–Crippen LogP) is 4.43. The molecule has 186 valence electrons. The van der Waals surface area contributed by atoms with Crippen molar-refractivity contribution in [2.75, 3.05) is 26.8 Å². The molecule has 0 amide bonds. The Kier molecular flexibility index (Phi) is 4.25. The van der Waals surface area contributed by atoms with Crippen LogP contribution in [0.4, 0.5) is 0 Å².